The molecule has 132 valence electrons. The van der Waals surface area contributed by atoms with Crippen molar-refractivity contribution in [1.29, 1.82) is 0 Å². The number of hydrogen-bond acceptors (Lipinski definition) is 6. The highest BCUT2D eigenvalue weighted by molar-refractivity contribution is 9.10. The Hall–Kier alpha value is -1.94. The van der Waals surface area contributed by atoms with Gasteiger partial charge in [0.1, 0.15) is 0 Å². The molecule has 10 heteroatoms. The highest BCUT2D eigenvalue weighted by atomic mass is 79.9. The summed E-state index contributed by atoms with van der Waals surface area (Å²) in [5, 5.41) is 0.738. The summed E-state index contributed by atoms with van der Waals surface area (Å²) in [5.41, 5.74) is 0.772. The molecule has 3 aromatic rings. The summed E-state index contributed by atoms with van der Waals surface area (Å²) in [4.78, 5) is 39.2. The van der Waals surface area contributed by atoms with Crippen molar-refractivity contribution in [2.75, 3.05) is 5.75 Å². The van der Waals surface area contributed by atoms with E-state index >= 15 is 0 Å². The predicted octanol–water partition coefficient (Wildman–Crippen LogP) is 1.71. The van der Waals surface area contributed by atoms with Crippen LogP contribution in [-0.4, -0.2) is 34.8 Å². The first kappa shape index (κ1) is 17.9. The maximum absolute atomic E-state index is 12.2. The van der Waals surface area contributed by atoms with E-state index in [0.717, 1.165) is 16.6 Å². The standard InChI is InChI=1S/C15H17BrN6O2S/c1-8(7-25-14-17-5-4-9(2)18-14)6-22-10-11(19-13(22)16)21(3)15(24)20-12(10)23/h4-5,8H,6-7H2,1-3H3,(H,20,23,24). The lowest BCUT2D eigenvalue weighted by molar-refractivity contribution is 0.532. The molecule has 0 fully saturated rings. The van der Waals surface area contributed by atoms with Crippen molar-refractivity contribution in [2.24, 2.45) is 13.0 Å². The second-order valence-electron chi connectivity index (χ2n) is 5.88. The molecule has 1 unspecified atom stereocenters. The average Bonchev–Trinajstić information content (AvgIpc) is 2.88. The first-order valence-corrected chi connectivity index (χ1v) is 9.42. The summed E-state index contributed by atoms with van der Waals surface area (Å²) >= 11 is 4.96. The number of hydrogen-bond donors (Lipinski definition) is 1. The molecule has 3 aromatic heterocycles. The number of thioether (sulfide) groups is 1. The molecule has 0 aliphatic rings. The topological polar surface area (TPSA) is 98.5 Å². The molecule has 0 radical (unpaired) electrons. The minimum atomic E-state index is -0.477. The van der Waals surface area contributed by atoms with Crippen molar-refractivity contribution >= 4 is 38.9 Å². The molecular formula is C15H17BrN6O2S. The molecule has 0 aliphatic carbocycles. The second kappa shape index (κ2) is 7.12. The van der Waals surface area contributed by atoms with Gasteiger partial charge in [0, 0.05) is 31.2 Å². The maximum atomic E-state index is 12.2. The summed E-state index contributed by atoms with van der Waals surface area (Å²) in [7, 11) is 1.58. The third kappa shape index (κ3) is 3.69. The molecule has 25 heavy (non-hydrogen) atoms. The Bertz CT molecular complexity index is 1040. The van der Waals surface area contributed by atoms with Crippen LogP contribution in [0, 0.1) is 12.8 Å². The Morgan fingerprint density at radius 1 is 1.36 bits per heavy atom. The average molecular weight is 425 g/mol. The van der Waals surface area contributed by atoms with Gasteiger partial charge in [-0.3, -0.25) is 14.3 Å². The molecule has 1 atom stereocenters. The van der Waals surface area contributed by atoms with Crippen LogP contribution in [0.15, 0.2) is 31.7 Å². The first-order valence-electron chi connectivity index (χ1n) is 7.64. The van der Waals surface area contributed by atoms with Crippen LogP contribution in [0.25, 0.3) is 11.2 Å². The summed E-state index contributed by atoms with van der Waals surface area (Å²) in [6.45, 7) is 4.59. The van der Waals surface area contributed by atoms with Crippen molar-refractivity contribution in [3.05, 3.63) is 43.5 Å². The molecular weight excluding hydrogens is 408 g/mol. The molecule has 3 rings (SSSR count). The molecule has 0 amide bonds. The minimum absolute atomic E-state index is 0.236. The van der Waals surface area contributed by atoms with E-state index in [9.17, 15) is 9.59 Å². The van der Waals surface area contributed by atoms with Crippen LogP contribution in [0.5, 0.6) is 0 Å². The summed E-state index contributed by atoms with van der Waals surface area (Å²) < 4.78 is 3.64. The summed E-state index contributed by atoms with van der Waals surface area (Å²) in [5.74, 6) is 1.03. The Labute approximate surface area is 155 Å². The van der Waals surface area contributed by atoms with Gasteiger partial charge in [-0.2, -0.15) is 0 Å². The van der Waals surface area contributed by atoms with Gasteiger partial charge in [-0.1, -0.05) is 18.7 Å². The maximum Gasteiger partial charge on any atom is 0.329 e. The molecule has 0 bridgehead atoms. The van der Waals surface area contributed by atoms with Crippen LogP contribution in [0.4, 0.5) is 0 Å². The van der Waals surface area contributed by atoms with E-state index in [1.54, 1.807) is 29.6 Å². The Balaban J connectivity index is 1.83. The van der Waals surface area contributed by atoms with E-state index in [-0.39, 0.29) is 5.92 Å². The number of fused-ring (bicyclic) bond motifs is 1. The lowest BCUT2D eigenvalue weighted by Crippen LogP contribution is -2.29. The Kier molecular flexibility index (Phi) is 5.09. The van der Waals surface area contributed by atoms with Crippen LogP contribution < -0.4 is 11.2 Å². The highest BCUT2D eigenvalue weighted by Crippen LogP contribution is 2.21. The van der Waals surface area contributed by atoms with Gasteiger partial charge >= 0.3 is 5.69 Å². The highest BCUT2D eigenvalue weighted by Gasteiger charge is 2.17. The molecule has 3 heterocycles. The number of H-pyrrole nitrogens is 1. The van der Waals surface area contributed by atoms with Crippen molar-refractivity contribution < 1.29 is 0 Å². The van der Waals surface area contributed by atoms with E-state index in [1.807, 2.05) is 13.0 Å². The number of aromatic amines is 1. The van der Waals surface area contributed by atoms with E-state index in [4.69, 9.17) is 0 Å². The number of aryl methyl sites for hydroxylation is 2. The quantitative estimate of drug-likeness (QED) is 0.380. The van der Waals surface area contributed by atoms with E-state index in [1.165, 1.54) is 4.57 Å². The molecule has 0 aliphatic heterocycles. The van der Waals surface area contributed by atoms with Crippen LogP contribution in [0.3, 0.4) is 0 Å². The summed E-state index contributed by atoms with van der Waals surface area (Å²) in [6.07, 6.45) is 1.75. The van der Waals surface area contributed by atoms with Gasteiger partial charge in [0.25, 0.3) is 5.56 Å². The largest absolute Gasteiger partial charge is 0.329 e. The van der Waals surface area contributed by atoms with Gasteiger partial charge in [0.05, 0.1) is 0 Å². The van der Waals surface area contributed by atoms with Gasteiger partial charge in [-0.25, -0.2) is 19.7 Å². The van der Waals surface area contributed by atoms with Crippen LogP contribution in [-0.2, 0) is 13.6 Å². The lowest BCUT2D eigenvalue weighted by atomic mass is 10.2. The minimum Gasteiger partial charge on any atom is -0.312 e. The van der Waals surface area contributed by atoms with Gasteiger partial charge in [0.15, 0.2) is 21.1 Å². The van der Waals surface area contributed by atoms with Gasteiger partial charge in [-0.05, 0) is 34.8 Å². The second-order valence-corrected chi connectivity index (χ2v) is 7.58. The van der Waals surface area contributed by atoms with Crippen LogP contribution in [0.1, 0.15) is 12.6 Å². The molecule has 8 nitrogen and oxygen atoms in total. The number of nitrogens with zero attached hydrogens (tertiary/aromatic N) is 5. The number of imidazole rings is 1. The number of nitrogens with one attached hydrogen (secondary N) is 1. The van der Waals surface area contributed by atoms with E-state index in [2.05, 4.69) is 42.8 Å². The van der Waals surface area contributed by atoms with Gasteiger partial charge < -0.3 is 4.57 Å². The zero-order valence-electron chi connectivity index (χ0n) is 14.0. The van der Waals surface area contributed by atoms with Gasteiger partial charge in [0.2, 0.25) is 0 Å². The third-order valence-electron chi connectivity index (χ3n) is 3.72. The van der Waals surface area contributed by atoms with Crippen molar-refractivity contribution in [3.8, 4) is 0 Å². The van der Waals surface area contributed by atoms with Crippen molar-refractivity contribution in [1.82, 2.24) is 29.1 Å². The van der Waals surface area contributed by atoms with Crippen LogP contribution >= 0.6 is 27.7 Å². The van der Waals surface area contributed by atoms with E-state index < -0.39 is 11.2 Å². The smallest absolute Gasteiger partial charge is 0.312 e. The van der Waals surface area contributed by atoms with Crippen molar-refractivity contribution in [3.63, 3.8) is 0 Å². The fourth-order valence-electron chi connectivity index (χ4n) is 2.45. The number of rotatable bonds is 5. The Morgan fingerprint density at radius 2 is 2.12 bits per heavy atom. The van der Waals surface area contributed by atoms with Crippen molar-refractivity contribution in [2.45, 2.75) is 25.5 Å². The molecule has 0 saturated heterocycles. The summed E-state index contributed by atoms with van der Waals surface area (Å²) in [6, 6.07) is 1.86. The molecule has 1 N–H and O–H groups in total. The number of aromatic nitrogens is 6. The zero-order chi connectivity index (χ0) is 18.1. The third-order valence-corrected chi connectivity index (χ3v) is 5.52. The van der Waals surface area contributed by atoms with Gasteiger partial charge in [-0.15, -0.1) is 0 Å². The normalized spacial score (nSPS) is 12.6. The first-order chi connectivity index (χ1) is 11.9. The predicted molar refractivity (Wildman–Crippen MR) is 100.0 cm³/mol. The fraction of sp³-hybridized carbons (Fsp3) is 0.400. The van der Waals surface area contributed by atoms with Crippen LogP contribution in [0.2, 0.25) is 0 Å². The molecule has 0 aromatic carbocycles. The SMILES string of the molecule is Cc1ccnc(SCC(C)Cn2c(Br)nc3c2c(=O)[nH]c(=O)n3C)n1. The molecule has 0 spiro atoms. The number of halogens is 1. The monoisotopic (exact) mass is 424 g/mol. The molecule has 0 saturated carbocycles. The van der Waals surface area contributed by atoms with E-state index in [0.29, 0.717) is 22.4 Å². The zero-order valence-corrected chi connectivity index (χ0v) is 16.4. The lowest BCUT2D eigenvalue weighted by Gasteiger charge is -2.13. The Morgan fingerprint density at radius 3 is 2.84 bits per heavy atom. The fourth-order valence-corrected chi connectivity index (χ4v) is 3.82.